The lowest BCUT2D eigenvalue weighted by atomic mass is 10.1. The number of aromatic nitrogens is 2. The van der Waals surface area contributed by atoms with Crippen molar-refractivity contribution in [2.75, 3.05) is 26.6 Å². The average Bonchev–Trinajstić information content (AvgIpc) is 3.04. The van der Waals surface area contributed by atoms with E-state index in [9.17, 15) is 0 Å². The lowest BCUT2D eigenvalue weighted by Crippen LogP contribution is -2.31. The molecular formula is C18H19N5O3. The molecule has 134 valence electrons. The number of ether oxygens (including phenoxy) is 3. The number of nitrogens with zero attached hydrogens (tertiary/aromatic N) is 3. The molecule has 0 saturated carbocycles. The molecule has 1 unspecified atom stereocenters. The fraction of sp³-hybridized carbons (Fsp3) is 0.222. The second-order valence-electron chi connectivity index (χ2n) is 5.77. The van der Waals surface area contributed by atoms with Gasteiger partial charge in [0.05, 0.1) is 32.4 Å². The molecule has 0 saturated heterocycles. The van der Waals surface area contributed by atoms with Gasteiger partial charge in [0.25, 0.3) is 0 Å². The van der Waals surface area contributed by atoms with Gasteiger partial charge in [-0.05, 0) is 24.3 Å². The normalized spacial score (nSPS) is 15.8. The van der Waals surface area contributed by atoms with Gasteiger partial charge in [0.2, 0.25) is 11.7 Å². The number of nitrogens with two attached hydrogens (primary N) is 1. The number of aliphatic imine (C=N–C) groups is 1. The van der Waals surface area contributed by atoms with Gasteiger partial charge in [-0.3, -0.25) is 9.88 Å². The fourth-order valence-electron chi connectivity index (χ4n) is 3.19. The van der Waals surface area contributed by atoms with Gasteiger partial charge < -0.3 is 19.9 Å². The summed E-state index contributed by atoms with van der Waals surface area (Å²) in [6, 6.07) is 11.6. The first-order chi connectivity index (χ1) is 12.7. The molecule has 4 rings (SSSR count). The van der Waals surface area contributed by atoms with Crippen molar-refractivity contribution in [3.05, 3.63) is 42.0 Å². The summed E-state index contributed by atoms with van der Waals surface area (Å²) >= 11 is 0. The summed E-state index contributed by atoms with van der Waals surface area (Å²) in [5, 5.41) is 3.02. The number of guanidine groups is 1. The zero-order valence-electron chi connectivity index (χ0n) is 14.7. The van der Waals surface area contributed by atoms with Crippen molar-refractivity contribution >= 4 is 22.9 Å². The van der Waals surface area contributed by atoms with E-state index < -0.39 is 6.17 Å². The largest absolute Gasteiger partial charge is 0.493 e. The number of methoxy groups -OCH3 is 3. The minimum Gasteiger partial charge on any atom is -0.493 e. The Balaban J connectivity index is 1.94. The number of benzene rings is 2. The van der Waals surface area contributed by atoms with Crippen LogP contribution in [0.3, 0.4) is 0 Å². The lowest BCUT2D eigenvalue weighted by molar-refractivity contribution is 0.323. The quantitative estimate of drug-likeness (QED) is 0.747. The van der Waals surface area contributed by atoms with E-state index in [1.165, 1.54) is 0 Å². The molecule has 3 N–H and O–H groups in total. The highest BCUT2D eigenvalue weighted by atomic mass is 16.5. The van der Waals surface area contributed by atoms with Crippen molar-refractivity contribution < 1.29 is 14.2 Å². The Labute approximate surface area is 150 Å². The van der Waals surface area contributed by atoms with Crippen molar-refractivity contribution in [3.8, 4) is 17.2 Å². The SMILES string of the molecule is COc1cc(C2N=C(N)Nc3nc4ccccc4n32)cc(OC)c1OC. The number of anilines is 1. The molecular weight excluding hydrogens is 334 g/mol. The molecule has 26 heavy (non-hydrogen) atoms. The van der Waals surface area contributed by atoms with Crippen molar-refractivity contribution in [1.82, 2.24) is 9.55 Å². The highest BCUT2D eigenvalue weighted by Crippen LogP contribution is 2.42. The van der Waals surface area contributed by atoms with Gasteiger partial charge in [0.15, 0.2) is 23.6 Å². The van der Waals surface area contributed by atoms with Crippen LogP contribution in [0.5, 0.6) is 17.2 Å². The van der Waals surface area contributed by atoms with Gasteiger partial charge in [0, 0.05) is 5.56 Å². The topological polar surface area (TPSA) is 95.9 Å². The summed E-state index contributed by atoms with van der Waals surface area (Å²) in [5.41, 5.74) is 8.64. The Bertz CT molecular complexity index is 986. The Morgan fingerprint density at radius 2 is 1.73 bits per heavy atom. The Kier molecular flexibility index (Phi) is 3.80. The zero-order chi connectivity index (χ0) is 18.3. The van der Waals surface area contributed by atoms with Crippen molar-refractivity contribution in [3.63, 3.8) is 0 Å². The number of hydrogen-bond acceptors (Lipinski definition) is 7. The Morgan fingerprint density at radius 1 is 1.04 bits per heavy atom. The molecule has 1 aromatic heterocycles. The molecule has 0 radical (unpaired) electrons. The minimum atomic E-state index is -0.410. The van der Waals surface area contributed by atoms with E-state index in [2.05, 4.69) is 15.3 Å². The van der Waals surface area contributed by atoms with Crippen LogP contribution in [-0.2, 0) is 0 Å². The third-order valence-electron chi connectivity index (χ3n) is 4.33. The van der Waals surface area contributed by atoms with Crippen LogP contribution >= 0.6 is 0 Å². The van der Waals surface area contributed by atoms with E-state index in [1.54, 1.807) is 21.3 Å². The molecule has 0 spiro atoms. The first-order valence-electron chi connectivity index (χ1n) is 8.03. The van der Waals surface area contributed by atoms with Gasteiger partial charge in [-0.15, -0.1) is 0 Å². The van der Waals surface area contributed by atoms with E-state index in [0.29, 0.717) is 29.2 Å². The first-order valence-corrected chi connectivity index (χ1v) is 8.03. The van der Waals surface area contributed by atoms with Crippen LogP contribution in [0.2, 0.25) is 0 Å². The van der Waals surface area contributed by atoms with Gasteiger partial charge in [-0.2, -0.15) is 0 Å². The second-order valence-corrected chi connectivity index (χ2v) is 5.77. The van der Waals surface area contributed by atoms with Gasteiger partial charge >= 0.3 is 0 Å². The molecule has 0 aliphatic carbocycles. The first kappa shape index (κ1) is 16.1. The number of hydrogen-bond donors (Lipinski definition) is 2. The molecule has 1 atom stereocenters. The highest BCUT2D eigenvalue weighted by molar-refractivity contribution is 5.94. The Hall–Kier alpha value is -3.42. The Morgan fingerprint density at radius 3 is 2.38 bits per heavy atom. The van der Waals surface area contributed by atoms with Gasteiger partial charge in [0.1, 0.15) is 0 Å². The summed E-state index contributed by atoms with van der Waals surface area (Å²) in [5.74, 6) is 2.57. The summed E-state index contributed by atoms with van der Waals surface area (Å²) < 4.78 is 18.3. The third-order valence-corrected chi connectivity index (χ3v) is 4.33. The fourth-order valence-corrected chi connectivity index (χ4v) is 3.19. The zero-order valence-corrected chi connectivity index (χ0v) is 14.7. The standard InChI is InChI=1S/C18H19N5O3/c1-24-13-8-10(9-14(25-2)15(13)26-3)16-21-17(19)22-18-20-11-6-4-5-7-12(11)23(16)18/h4-9,16H,1-3H3,(H3,19,20,21,22). The summed E-state index contributed by atoms with van der Waals surface area (Å²) in [4.78, 5) is 9.18. The molecule has 2 aromatic carbocycles. The molecule has 8 nitrogen and oxygen atoms in total. The average molecular weight is 353 g/mol. The number of rotatable bonds is 4. The maximum atomic E-state index is 5.99. The second kappa shape index (κ2) is 6.14. The van der Waals surface area contributed by atoms with E-state index in [1.807, 2.05) is 41.0 Å². The van der Waals surface area contributed by atoms with Crippen LogP contribution in [-0.4, -0.2) is 36.8 Å². The van der Waals surface area contributed by atoms with E-state index in [4.69, 9.17) is 19.9 Å². The van der Waals surface area contributed by atoms with Crippen molar-refractivity contribution in [1.29, 1.82) is 0 Å². The lowest BCUT2D eigenvalue weighted by Gasteiger charge is -2.25. The minimum absolute atomic E-state index is 0.298. The molecule has 1 aliphatic rings. The van der Waals surface area contributed by atoms with Crippen LogP contribution in [0, 0.1) is 0 Å². The maximum absolute atomic E-state index is 5.99. The summed E-state index contributed by atoms with van der Waals surface area (Å²) in [7, 11) is 4.74. The molecule has 0 amide bonds. The maximum Gasteiger partial charge on any atom is 0.212 e. The number of fused-ring (bicyclic) bond motifs is 3. The van der Waals surface area contributed by atoms with Gasteiger partial charge in [-0.1, -0.05) is 12.1 Å². The van der Waals surface area contributed by atoms with E-state index in [-0.39, 0.29) is 0 Å². The number of imidazole rings is 1. The number of nitrogens with one attached hydrogen (secondary N) is 1. The monoisotopic (exact) mass is 353 g/mol. The van der Waals surface area contributed by atoms with Crippen LogP contribution in [0.4, 0.5) is 5.95 Å². The molecule has 1 aliphatic heterocycles. The van der Waals surface area contributed by atoms with Gasteiger partial charge in [-0.25, -0.2) is 9.98 Å². The smallest absolute Gasteiger partial charge is 0.212 e. The highest BCUT2D eigenvalue weighted by Gasteiger charge is 2.27. The predicted molar refractivity (Wildman–Crippen MR) is 99.2 cm³/mol. The number of para-hydroxylation sites is 2. The van der Waals surface area contributed by atoms with Crippen LogP contribution in [0.15, 0.2) is 41.4 Å². The third kappa shape index (κ3) is 2.38. The summed E-state index contributed by atoms with van der Waals surface area (Å²) in [6.07, 6.45) is -0.410. The van der Waals surface area contributed by atoms with E-state index >= 15 is 0 Å². The molecule has 3 aromatic rings. The summed E-state index contributed by atoms with van der Waals surface area (Å²) in [6.45, 7) is 0. The van der Waals surface area contributed by atoms with Crippen LogP contribution in [0.1, 0.15) is 11.7 Å². The molecule has 2 heterocycles. The van der Waals surface area contributed by atoms with Crippen LogP contribution in [0.25, 0.3) is 11.0 Å². The molecule has 0 bridgehead atoms. The van der Waals surface area contributed by atoms with Crippen molar-refractivity contribution in [2.45, 2.75) is 6.17 Å². The van der Waals surface area contributed by atoms with Crippen molar-refractivity contribution in [2.24, 2.45) is 10.7 Å². The van der Waals surface area contributed by atoms with E-state index in [0.717, 1.165) is 16.6 Å². The molecule has 8 heteroatoms. The molecule has 0 fully saturated rings. The van der Waals surface area contributed by atoms with Crippen LogP contribution < -0.4 is 25.3 Å². The predicted octanol–water partition coefficient (Wildman–Crippen LogP) is 2.35.